The number of aromatic nitrogens is 1. The van der Waals surface area contributed by atoms with Gasteiger partial charge < -0.3 is 15.4 Å². The molecule has 0 aliphatic carbocycles. The smallest absolute Gasteiger partial charge is 0.382 e. The van der Waals surface area contributed by atoms with E-state index >= 15 is 0 Å². The highest BCUT2D eigenvalue weighted by molar-refractivity contribution is 5.97. The van der Waals surface area contributed by atoms with Crippen LogP contribution in [0.5, 0.6) is 0 Å². The van der Waals surface area contributed by atoms with Gasteiger partial charge in [0, 0.05) is 17.3 Å². The number of hydrogen-bond donors (Lipinski definition) is 3. The zero-order valence-electron chi connectivity index (χ0n) is 9.66. The summed E-state index contributed by atoms with van der Waals surface area (Å²) >= 11 is 0. The van der Waals surface area contributed by atoms with Gasteiger partial charge in [-0.05, 0) is 23.6 Å². The Morgan fingerprint density at radius 1 is 1.37 bits per heavy atom. The first-order valence-corrected chi connectivity index (χ1v) is 5.48. The van der Waals surface area contributed by atoms with Gasteiger partial charge in [-0.25, -0.2) is 0 Å². The van der Waals surface area contributed by atoms with Crippen molar-refractivity contribution in [2.24, 2.45) is 0 Å². The SMILES string of the molecule is O=C(NCC(O)C(F)(F)F)c1ccc2cc[nH]c2c1. The Hall–Kier alpha value is -2.02. The van der Waals surface area contributed by atoms with Crippen LogP contribution in [0.2, 0.25) is 0 Å². The van der Waals surface area contributed by atoms with Gasteiger partial charge in [-0.1, -0.05) is 6.07 Å². The van der Waals surface area contributed by atoms with Crippen LogP contribution in [0.4, 0.5) is 13.2 Å². The normalized spacial score (nSPS) is 13.5. The van der Waals surface area contributed by atoms with Crippen LogP contribution in [0.3, 0.4) is 0 Å². The molecule has 0 aliphatic heterocycles. The van der Waals surface area contributed by atoms with Crippen LogP contribution in [0.1, 0.15) is 10.4 Å². The summed E-state index contributed by atoms with van der Waals surface area (Å²) in [5.41, 5.74) is 0.938. The van der Waals surface area contributed by atoms with E-state index in [2.05, 4.69) is 4.98 Å². The zero-order chi connectivity index (χ0) is 14.0. The van der Waals surface area contributed by atoms with Gasteiger partial charge in [0.1, 0.15) is 0 Å². The van der Waals surface area contributed by atoms with Crippen molar-refractivity contribution in [1.82, 2.24) is 10.3 Å². The molecule has 3 N–H and O–H groups in total. The maximum Gasteiger partial charge on any atom is 0.416 e. The van der Waals surface area contributed by atoms with Crippen LogP contribution in [-0.2, 0) is 0 Å². The van der Waals surface area contributed by atoms with Crippen molar-refractivity contribution < 1.29 is 23.1 Å². The molecular weight excluding hydrogens is 261 g/mol. The maximum absolute atomic E-state index is 12.1. The summed E-state index contributed by atoms with van der Waals surface area (Å²) in [5, 5.41) is 11.7. The van der Waals surface area contributed by atoms with E-state index in [-0.39, 0.29) is 5.56 Å². The molecule has 1 unspecified atom stereocenters. The predicted octanol–water partition coefficient (Wildman–Crippen LogP) is 1.82. The number of benzene rings is 1. The number of aliphatic hydroxyl groups excluding tert-OH is 1. The molecule has 0 saturated carbocycles. The largest absolute Gasteiger partial charge is 0.416 e. The number of nitrogens with one attached hydrogen (secondary N) is 2. The van der Waals surface area contributed by atoms with Crippen molar-refractivity contribution in [2.75, 3.05) is 6.54 Å². The molecule has 7 heteroatoms. The molecule has 1 aromatic heterocycles. The van der Waals surface area contributed by atoms with Crippen molar-refractivity contribution >= 4 is 16.8 Å². The van der Waals surface area contributed by atoms with Crippen molar-refractivity contribution in [2.45, 2.75) is 12.3 Å². The Kier molecular flexibility index (Phi) is 3.48. The number of carbonyl (C=O) groups excluding carboxylic acids is 1. The minimum atomic E-state index is -4.74. The molecule has 19 heavy (non-hydrogen) atoms. The number of rotatable bonds is 3. The molecule has 0 aliphatic rings. The van der Waals surface area contributed by atoms with E-state index in [9.17, 15) is 18.0 Å². The lowest BCUT2D eigenvalue weighted by molar-refractivity contribution is -0.201. The van der Waals surface area contributed by atoms with E-state index in [1.807, 2.05) is 11.4 Å². The number of alkyl halides is 3. The fourth-order valence-corrected chi connectivity index (χ4v) is 1.60. The van der Waals surface area contributed by atoms with E-state index in [0.29, 0.717) is 5.52 Å². The van der Waals surface area contributed by atoms with Gasteiger partial charge in [0.15, 0.2) is 6.10 Å². The number of halogens is 3. The van der Waals surface area contributed by atoms with Gasteiger partial charge in [-0.15, -0.1) is 0 Å². The summed E-state index contributed by atoms with van der Waals surface area (Å²) in [5.74, 6) is -0.667. The Bertz CT molecular complexity index is 592. The number of carbonyl (C=O) groups is 1. The molecule has 1 atom stereocenters. The Balaban J connectivity index is 2.03. The van der Waals surface area contributed by atoms with E-state index in [4.69, 9.17) is 5.11 Å². The van der Waals surface area contributed by atoms with Gasteiger partial charge in [0.25, 0.3) is 5.91 Å². The van der Waals surface area contributed by atoms with E-state index in [1.165, 1.54) is 12.1 Å². The molecule has 2 aromatic rings. The minimum absolute atomic E-state index is 0.226. The Labute approximate surface area is 106 Å². The third-order valence-electron chi connectivity index (χ3n) is 2.65. The molecule has 0 saturated heterocycles. The second-order valence-electron chi connectivity index (χ2n) is 4.05. The maximum atomic E-state index is 12.1. The van der Waals surface area contributed by atoms with Crippen molar-refractivity contribution in [3.05, 3.63) is 36.0 Å². The summed E-state index contributed by atoms with van der Waals surface area (Å²) in [6.07, 6.45) is -5.61. The van der Waals surface area contributed by atoms with Gasteiger partial charge in [-0.2, -0.15) is 13.2 Å². The number of H-pyrrole nitrogens is 1. The van der Waals surface area contributed by atoms with Gasteiger partial charge in [0.2, 0.25) is 0 Å². The molecule has 0 spiro atoms. The topological polar surface area (TPSA) is 65.1 Å². The number of aromatic amines is 1. The summed E-state index contributed by atoms with van der Waals surface area (Å²) in [6.45, 7) is -0.870. The fourth-order valence-electron chi connectivity index (χ4n) is 1.60. The summed E-state index contributed by atoms with van der Waals surface area (Å²) in [6, 6.07) is 6.53. The molecule has 102 valence electrons. The lowest BCUT2D eigenvalue weighted by Gasteiger charge is -2.14. The highest BCUT2D eigenvalue weighted by Gasteiger charge is 2.38. The zero-order valence-corrected chi connectivity index (χ0v) is 9.66. The summed E-state index contributed by atoms with van der Waals surface area (Å²) in [7, 11) is 0. The van der Waals surface area contributed by atoms with E-state index in [0.717, 1.165) is 5.39 Å². The monoisotopic (exact) mass is 272 g/mol. The fraction of sp³-hybridized carbons (Fsp3) is 0.250. The number of amides is 1. The lowest BCUT2D eigenvalue weighted by atomic mass is 10.1. The first kappa shape index (κ1) is 13.4. The van der Waals surface area contributed by atoms with Crippen LogP contribution >= 0.6 is 0 Å². The van der Waals surface area contributed by atoms with Crippen LogP contribution in [0.25, 0.3) is 10.9 Å². The van der Waals surface area contributed by atoms with Crippen LogP contribution in [0, 0.1) is 0 Å². The molecule has 0 fully saturated rings. The standard InChI is InChI=1S/C12H11F3N2O2/c13-12(14,15)10(18)6-17-11(19)8-2-1-7-3-4-16-9(7)5-8/h1-5,10,16,18H,6H2,(H,17,19). The van der Waals surface area contributed by atoms with Crippen molar-refractivity contribution in [3.8, 4) is 0 Å². The van der Waals surface area contributed by atoms with E-state index < -0.39 is 24.7 Å². The lowest BCUT2D eigenvalue weighted by Crippen LogP contribution is -2.40. The third-order valence-corrected chi connectivity index (χ3v) is 2.65. The molecule has 0 bridgehead atoms. The molecular formula is C12H11F3N2O2. The summed E-state index contributed by atoms with van der Waals surface area (Å²) in [4.78, 5) is 14.5. The van der Waals surface area contributed by atoms with E-state index in [1.54, 1.807) is 12.3 Å². The highest BCUT2D eigenvalue weighted by Crippen LogP contribution is 2.19. The van der Waals surface area contributed by atoms with Crippen LogP contribution in [-0.4, -0.2) is 34.8 Å². The number of aliphatic hydroxyl groups is 1. The van der Waals surface area contributed by atoms with Crippen molar-refractivity contribution in [3.63, 3.8) is 0 Å². The van der Waals surface area contributed by atoms with Crippen LogP contribution < -0.4 is 5.32 Å². The first-order chi connectivity index (χ1) is 8.88. The van der Waals surface area contributed by atoms with Crippen LogP contribution in [0.15, 0.2) is 30.5 Å². The van der Waals surface area contributed by atoms with Gasteiger partial charge >= 0.3 is 6.18 Å². The van der Waals surface area contributed by atoms with Crippen molar-refractivity contribution in [1.29, 1.82) is 0 Å². The summed E-state index contributed by atoms with van der Waals surface area (Å²) < 4.78 is 36.2. The minimum Gasteiger partial charge on any atom is -0.382 e. The average Bonchev–Trinajstić information content (AvgIpc) is 2.81. The number of hydrogen-bond acceptors (Lipinski definition) is 2. The molecule has 0 radical (unpaired) electrons. The molecule has 1 heterocycles. The second-order valence-corrected chi connectivity index (χ2v) is 4.05. The average molecular weight is 272 g/mol. The van der Waals surface area contributed by atoms with Gasteiger partial charge in [0.05, 0.1) is 6.54 Å². The number of fused-ring (bicyclic) bond motifs is 1. The Morgan fingerprint density at radius 3 is 2.79 bits per heavy atom. The quantitative estimate of drug-likeness (QED) is 0.798. The predicted molar refractivity (Wildman–Crippen MR) is 62.7 cm³/mol. The molecule has 1 amide bonds. The second kappa shape index (κ2) is 4.93. The molecule has 4 nitrogen and oxygen atoms in total. The van der Waals surface area contributed by atoms with Gasteiger partial charge in [-0.3, -0.25) is 4.79 Å². The molecule has 1 aromatic carbocycles. The third kappa shape index (κ3) is 3.05. The highest BCUT2D eigenvalue weighted by atomic mass is 19.4. The molecule has 2 rings (SSSR count). The first-order valence-electron chi connectivity index (χ1n) is 5.48. The Morgan fingerprint density at radius 2 is 2.11 bits per heavy atom.